The van der Waals surface area contributed by atoms with Gasteiger partial charge in [0.05, 0.1) is 29.9 Å². The molecule has 8 N–H and O–H groups in total. The molecular formula is C24H33N5O5. The van der Waals surface area contributed by atoms with Gasteiger partial charge in [-0.2, -0.15) is 0 Å². The van der Waals surface area contributed by atoms with Crippen molar-refractivity contribution in [2.24, 2.45) is 0 Å². The van der Waals surface area contributed by atoms with Crippen LogP contribution in [0.5, 0.6) is 5.75 Å². The fourth-order valence-electron chi connectivity index (χ4n) is 4.06. The lowest BCUT2D eigenvalue weighted by Crippen LogP contribution is -2.29. The Hall–Kier alpha value is -3.02. The lowest BCUT2D eigenvalue weighted by atomic mass is 9.79. The molecule has 0 amide bonds. The number of aliphatic hydroxyl groups is 2. The maximum atomic E-state index is 13.8. The van der Waals surface area contributed by atoms with Gasteiger partial charge >= 0.3 is 0 Å². The molecule has 184 valence electrons. The largest absolute Gasteiger partial charge is 0.507 e. The maximum absolute atomic E-state index is 13.8. The molecule has 0 spiro atoms. The minimum Gasteiger partial charge on any atom is -0.507 e. The van der Waals surface area contributed by atoms with Crippen molar-refractivity contribution in [2.75, 3.05) is 70.2 Å². The monoisotopic (exact) mass is 471 g/mol. The molecule has 1 aliphatic carbocycles. The Balaban J connectivity index is 2.01. The Morgan fingerprint density at radius 3 is 1.71 bits per heavy atom. The van der Waals surface area contributed by atoms with E-state index in [1.165, 1.54) is 6.07 Å². The normalized spacial score (nSPS) is 12.4. The van der Waals surface area contributed by atoms with E-state index in [0.717, 1.165) is 0 Å². The number of aromatic hydroxyl groups is 1. The number of ketones is 2. The van der Waals surface area contributed by atoms with E-state index in [4.69, 9.17) is 10.2 Å². The molecule has 2 aromatic carbocycles. The van der Waals surface area contributed by atoms with Crippen LogP contribution >= 0.6 is 0 Å². The summed E-state index contributed by atoms with van der Waals surface area (Å²) in [6.07, 6.45) is 0. The van der Waals surface area contributed by atoms with E-state index in [1.807, 2.05) is 0 Å². The maximum Gasteiger partial charge on any atom is 0.200 e. The Kier molecular flexibility index (Phi) is 9.37. The van der Waals surface area contributed by atoms with Crippen molar-refractivity contribution in [2.45, 2.75) is 6.54 Å². The van der Waals surface area contributed by atoms with Gasteiger partial charge in [0.15, 0.2) is 11.6 Å². The van der Waals surface area contributed by atoms with E-state index in [0.29, 0.717) is 62.8 Å². The first-order valence-electron chi connectivity index (χ1n) is 11.4. The fourth-order valence-corrected chi connectivity index (χ4v) is 4.06. The standard InChI is InChI=1S/C24H33N5O5/c1-25-14-15-2-5-18(32)22-19(15)23(33)20-16(28-8-6-26-10-12-30)3-4-17(21(20)24(22)34)29-9-7-27-11-13-31/h2-5,25-32H,6-14H2,1H3. The van der Waals surface area contributed by atoms with Crippen LogP contribution in [-0.2, 0) is 6.54 Å². The molecule has 0 aliphatic heterocycles. The van der Waals surface area contributed by atoms with Crippen molar-refractivity contribution in [3.8, 4) is 5.75 Å². The molecule has 34 heavy (non-hydrogen) atoms. The summed E-state index contributed by atoms with van der Waals surface area (Å²) in [4.78, 5) is 27.4. The Morgan fingerprint density at radius 2 is 1.21 bits per heavy atom. The molecule has 0 bridgehead atoms. The summed E-state index contributed by atoms with van der Waals surface area (Å²) in [5.41, 5.74) is 2.42. The first-order valence-corrected chi connectivity index (χ1v) is 11.4. The van der Waals surface area contributed by atoms with Gasteiger partial charge in [-0.1, -0.05) is 6.07 Å². The van der Waals surface area contributed by atoms with Crippen molar-refractivity contribution in [3.63, 3.8) is 0 Å². The van der Waals surface area contributed by atoms with E-state index in [9.17, 15) is 14.7 Å². The zero-order chi connectivity index (χ0) is 24.5. The summed E-state index contributed by atoms with van der Waals surface area (Å²) in [6.45, 7) is 3.44. The second kappa shape index (κ2) is 12.4. The van der Waals surface area contributed by atoms with Crippen LogP contribution in [0.3, 0.4) is 0 Å². The predicted octanol–water partition coefficient (Wildman–Crippen LogP) is -0.125. The van der Waals surface area contributed by atoms with Crippen LogP contribution < -0.4 is 26.6 Å². The average Bonchev–Trinajstić information content (AvgIpc) is 2.83. The molecule has 0 heterocycles. The number of hydrogen-bond acceptors (Lipinski definition) is 10. The van der Waals surface area contributed by atoms with Gasteiger partial charge < -0.3 is 41.9 Å². The molecule has 0 fully saturated rings. The molecule has 10 heteroatoms. The molecule has 0 atom stereocenters. The van der Waals surface area contributed by atoms with Crippen molar-refractivity contribution >= 4 is 22.9 Å². The molecule has 0 unspecified atom stereocenters. The summed E-state index contributed by atoms with van der Waals surface area (Å²) in [7, 11) is 1.75. The highest BCUT2D eigenvalue weighted by molar-refractivity contribution is 6.33. The van der Waals surface area contributed by atoms with E-state index in [-0.39, 0.29) is 47.0 Å². The quantitative estimate of drug-likeness (QED) is 0.149. The molecule has 2 aromatic rings. The van der Waals surface area contributed by atoms with Crippen molar-refractivity contribution < 1.29 is 24.9 Å². The molecule has 1 aliphatic rings. The molecule has 0 aromatic heterocycles. The van der Waals surface area contributed by atoms with Gasteiger partial charge in [-0.05, 0) is 30.8 Å². The van der Waals surface area contributed by atoms with Crippen molar-refractivity contribution in [1.29, 1.82) is 0 Å². The second-order valence-corrected chi connectivity index (χ2v) is 7.89. The molecule has 3 rings (SSSR count). The summed E-state index contributed by atoms with van der Waals surface area (Å²) >= 11 is 0. The summed E-state index contributed by atoms with van der Waals surface area (Å²) in [5, 5.41) is 43.9. The van der Waals surface area contributed by atoms with Crippen LogP contribution in [0.2, 0.25) is 0 Å². The van der Waals surface area contributed by atoms with Crippen LogP contribution in [0.25, 0.3) is 0 Å². The predicted molar refractivity (Wildman–Crippen MR) is 131 cm³/mol. The van der Waals surface area contributed by atoms with Gasteiger partial charge in [0.1, 0.15) is 5.75 Å². The Morgan fingerprint density at radius 1 is 0.676 bits per heavy atom. The fraction of sp³-hybridized carbons (Fsp3) is 0.417. The number of anilines is 2. The number of nitrogens with one attached hydrogen (secondary N) is 5. The SMILES string of the molecule is CNCc1ccc(O)c2c1C(=O)c1c(NCCNCCO)ccc(NCCNCCO)c1C2=O. The molecular weight excluding hydrogens is 438 g/mol. The first-order chi connectivity index (χ1) is 16.5. The highest BCUT2D eigenvalue weighted by Crippen LogP contribution is 2.40. The zero-order valence-corrected chi connectivity index (χ0v) is 19.3. The third-order valence-electron chi connectivity index (χ3n) is 5.56. The molecule has 0 saturated heterocycles. The summed E-state index contributed by atoms with van der Waals surface area (Å²) < 4.78 is 0. The highest BCUT2D eigenvalue weighted by Gasteiger charge is 2.37. The van der Waals surface area contributed by atoms with Crippen LogP contribution in [0.4, 0.5) is 11.4 Å². The number of aliphatic hydroxyl groups excluding tert-OH is 2. The molecule has 0 radical (unpaired) electrons. The smallest absolute Gasteiger partial charge is 0.200 e. The summed E-state index contributed by atoms with van der Waals surface area (Å²) in [5.74, 6) is -0.951. The number of rotatable bonds is 14. The van der Waals surface area contributed by atoms with Crippen LogP contribution in [0, 0.1) is 0 Å². The number of fused-ring (bicyclic) bond motifs is 2. The van der Waals surface area contributed by atoms with Crippen LogP contribution in [-0.4, -0.2) is 86.4 Å². The lowest BCUT2D eigenvalue weighted by molar-refractivity contribution is 0.0977. The van der Waals surface area contributed by atoms with E-state index >= 15 is 0 Å². The third-order valence-corrected chi connectivity index (χ3v) is 5.56. The van der Waals surface area contributed by atoms with Crippen LogP contribution in [0.1, 0.15) is 37.4 Å². The number of benzene rings is 2. The topological polar surface area (TPSA) is 155 Å². The minimum absolute atomic E-state index is 0.0217. The third kappa shape index (κ3) is 5.54. The van der Waals surface area contributed by atoms with Gasteiger partial charge in [0.2, 0.25) is 0 Å². The van der Waals surface area contributed by atoms with Gasteiger partial charge in [0, 0.05) is 62.8 Å². The lowest BCUT2D eigenvalue weighted by Gasteiger charge is -2.26. The van der Waals surface area contributed by atoms with Crippen molar-refractivity contribution in [3.05, 3.63) is 52.1 Å². The highest BCUT2D eigenvalue weighted by atomic mass is 16.3. The summed E-state index contributed by atoms with van der Waals surface area (Å²) in [6, 6.07) is 6.62. The van der Waals surface area contributed by atoms with E-state index < -0.39 is 5.78 Å². The van der Waals surface area contributed by atoms with Crippen LogP contribution in [0.15, 0.2) is 24.3 Å². The molecule has 10 nitrogen and oxygen atoms in total. The van der Waals surface area contributed by atoms with Crippen molar-refractivity contribution in [1.82, 2.24) is 16.0 Å². The number of hydrogen-bond donors (Lipinski definition) is 8. The number of carbonyl (C=O) groups excluding carboxylic acids is 2. The van der Waals surface area contributed by atoms with Gasteiger partial charge in [-0.25, -0.2) is 0 Å². The first kappa shape index (κ1) is 25.6. The van der Waals surface area contributed by atoms with E-state index in [2.05, 4.69) is 26.6 Å². The second-order valence-electron chi connectivity index (χ2n) is 7.89. The number of carbonyl (C=O) groups is 2. The number of phenolic OH excluding ortho intramolecular Hbond substituents is 1. The van der Waals surface area contributed by atoms with Gasteiger partial charge in [-0.3, -0.25) is 9.59 Å². The Bertz CT molecular complexity index is 1030. The average molecular weight is 472 g/mol. The zero-order valence-electron chi connectivity index (χ0n) is 19.3. The van der Waals surface area contributed by atoms with E-state index in [1.54, 1.807) is 25.2 Å². The minimum atomic E-state index is -0.409. The van der Waals surface area contributed by atoms with Gasteiger partial charge in [0.25, 0.3) is 0 Å². The molecule has 0 saturated carbocycles. The Labute approximate surface area is 198 Å². The number of phenols is 1. The van der Waals surface area contributed by atoms with Gasteiger partial charge in [-0.15, -0.1) is 0 Å².